The van der Waals surface area contributed by atoms with E-state index in [4.69, 9.17) is 4.74 Å². The van der Waals surface area contributed by atoms with Gasteiger partial charge in [-0.3, -0.25) is 0 Å². The molecule has 0 fully saturated rings. The number of aliphatic imine (C=N–C) groups is 1. The molecule has 0 spiro atoms. The van der Waals surface area contributed by atoms with Crippen molar-refractivity contribution in [3.8, 4) is 0 Å². The summed E-state index contributed by atoms with van der Waals surface area (Å²) in [6.45, 7) is 6.69. The third-order valence-electron chi connectivity index (χ3n) is 3.14. The number of rotatable bonds is 9. The van der Waals surface area contributed by atoms with E-state index in [2.05, 4.69) is 27.6 Å². The Hall–Kier alpha value is -0.930. The number of halogens is 2. The number of hydrogen-bond acceptors (Lipinski definition) is 3. The number of ether oxygens (including phenoxy) is 1. The van der Waals surface area contributed by atoms with Gasteiger partial charge in [-0.05, 0) is 31.7 Å². The molecule has 1 aromatic carbocycles. The Bertz CT molecular complexity index is 442. The highest BCUT2D eigenvalue weighted by atomic mass is 127. The fourth-order valence-corrected chi connectivity index (χ4v) is 1.83. The molecule has 0 aliphatic rings. The Balaban J connectivity index is 0.00000484. The molecule has 0 aromatic heterocycles. The monoisotopic (exact) mass is 438 g/mol. The van der Waals surface area contributed by atoms with Gasteiger partial charge in [-0.25, -0.2) is 9.38 Å². The predicted octanol–water partition coefficient (Wildman–Crippen LogP) is 2.08. The van der Waals surface area contributed by atoms with E-state index in [-0.39, 0.29) is 29.8 Å². The van der Waals surface area contributed by atoms with Gasteiger partial charge in [0.1, 0.15) is 5.82 Å². The van der Waals surface area contributed by atoms with E-state index in [9.17, 15) is 4.39 Å². The Labute approximate surface area is 155 Å². The maximum Gasteiger partial charge on any atom is 0.191 e. The Kier molecular flexibility index (Phi) is 13.0. The molecule has 1 aromatic rings. The van der Waals surface area contributed by atoms with Crippen LogP contribution in [-0.4, -0.2) is 57.8 Å². The highest BCUT2D eigenvalue weighted by Gasteiger charge is 2.00. The lowest BCUT2D eigenvalue weighted by Crippen LogP contribution is -2.41. The molecule has 0 bridgehead atoms. The van der Waals surface area contributed by atoms with Crippen LogP contribution in [0.25, 0.3) is 0 Å². The second-order valence-electron chi connectivity index (χ2n) is 5.04. The number of benzene rings is 1. The summed E-state index contributed by atoms with van der Waals surface area (Å²) in [5.41, 5.74) is 0.982. The highest BCUT2D eigenvalue weighted by molar-refractivity contribution is 14.0. The Morgan fingerprint density at radius 3 is 2.52 bits per heavy atom. The molecule has 0 aliphatic heterocycles. The number of nitrogens with zero attached hydrogens (tertiary/aromatic N) is 2. The summed E-state index contributed by atoms with van der Waals surface area (Å²) in [6, 6.07) is 6.41. The van der Waals surface area contributed by atoms with Gasteiger partial charge < -0.3 is 20.3 Å². The van der Waals surface area contributed by atoms with E-state index in [0.717, 1.165) is 44.3 Å². The summed E-state index contributed by atoms with van der Waals surface area (Å²) in [5.74, 6) is 0.545. The Morgan fingerprint density at radius 1 is 1.22 bits per heavy atom. The normalized spacial score (nSPS) is 11.3. The number of methoxy groups -OCH3 is 1. The molecule has 23 heavy (non-hydrogen) atoms. The third kappa shape index (κ3) is 10.5. The fraction of sp³-hybridized carbons (Fsp3) is 0.562. The minimum Gasteiger partial charge on any atom is -0.383 e. The van der Waals surface area contributed by atoms with Crippen molar-refractivity contribution in [3.05, 3.63) is 35.6 Å². The lowest BCUT2D eigenvalue weighted by atomic mass is 10.2. The summed E-state index contributed by atoms with van der Waals surface area (Å²) in [4.78, 5) is 6.70. The maximum absolute atomic E-state index is 12.9. The first-order valence-electron chi connectivity index (χ1n) is 7.59. The number of likely N-dealkylation sites (N-methyl/N-ethyl adjacent to an activating group) is 1. The van der Waals surface area contributed by atoms with Gasteiger partial charge in [0.2, 0.25) is 0 Å². The van der Waals surface area contributed by atoms with Crippen molar-refractivity contribution in [3.63, 3.8) is 0 Å². The minimum atomic E-state index is -0.225. The summed E-state index contributed by atoms with van der Waals surface area (Å²) >= 11 is 0. The average molecular weight is 438 g/mol. The van der Waals surface area contributed by atoms with Crippen LogP contribution in [0.5, 0.6) is 0 Å². The molecule has 0 amide bonds. The SMILES string of the molecule is CCNC(=NCc1ccc(F)cc1)NCCN(C)CCOC.I. The van der Waals surface area contributed by atoms with Crippen LogP contribution in [0.2, 0.25) is 0 Å². The topological polar surface area (TPSA) is 48.9 Å². The summed E-state index contributed by atoms with van der Waals surface area (Å²) in [7, 11) is 3.76. The van der Waals surface area contributed by atoms with Crippen molar-refractivity contribution in [2.24, 2.45) is 4.99 Å². The molecular formula is C16H28FIN4O. The van der Waals surface area contributed by atoms with Gasteiger partial charge in [-0.15, -0.1) is 24.0 Å². The maximum atomic E-state index is 12.9. The lowest BCUT2D eigenvalue weighted by Gasteiger charge is -2.17. The summed E-state index contributed by atoms with van der Waals surface area (Å²) < 4.78 is 17.9. The van der Waals surface area contributed by atoms with E-state index in [1.807, 2.05) is 6.92 Å². The van der Waals surface area contributed by atoms with E-state index < -0.39 is 0 Å². The van der Waals surface area contributed by atoms with E-state index in [0.29, 0.717) is 6.54 Å². The molecule has 0 aliphatic carbocycles. The molecule has 132 valence electrons. The Morgan fingerprint density at radius 2 is 1.91 bits per heavy atom. The van der Waals surface area contributed by atoms with E-state index in [1.54, 1.807) is 19.2 Å². The van der Waals surface area contributed by atoms with Gasteiger partial charge in [0.15, 0.2) is 5.96 Å². The van der Waals surface area contributed by atoms with Crippen molar-refractivity contribution < 1.29 is 9.13 Å². The van der Waals surface area contributed by atoms with Crippen LogP contribution in [-0.2, 0) is 11.3 Å². The quantitative estimate of drug-likeness (QED) is 0.352. The fourth-order valence-electron chi connectivity index (χ4n) is 1.83. The van der Waals surface area contributed by atoms with Crippen molar-refractivity contribution in [1.82, 2.24) is 15.5 Å². The molecule has 0 heterocycles. The third-order valence-corrected chi connectivity index (χ3v) is 3.14. The standard InChI is InChI=1S/C16H27FN4O.HI/c1-4-18-16(19-9-10-21(2)11-12-22-3)20-13-14-5-7-15(17)8-6-14;/h5-8H,4,9-13H2,1-3H3,(H2,18,19,20);1H. The summed E-state index contributed by atoms with van der Waals surface area (Å²) in [6.07, 6.45) is 0. The molecule has 0 saturated carbocycles. The van der Waals surface area contributed by atoms with Crippen LogP contribution in [0.1, 0.15) is 12.5 Å². The average Bonchev–Trinajstić information content (AvgIpc) is 2.52. The van der Waals surface area contributed by atoms with Gasteiger partial charge in [-0.1, -0.05) is 12.1 Å². The van der Waals surface area contributed by atoms with Crippen LogP contribution < -0.4 is 10.6 Å². The highest BCUT2D eigenvalue weighted by Crippen LogP contribution is 2.03. The summed E-state index contributed by atoms with van der Waals surface area (Å²) in [5, 5.41) is 6.49. The molecule has 0 unspecified atom stereocenters. The predicted molar refractivity (Wildman–Crippen MR) is 104 cm³/mol. The van der Waals surface area contributed by atoms with Crippen molar-refractivity contribution in [1.29, 1.82) is 0 Å². The zero-order valence-corrected chi connectivity index (χ0v) is 16.5. The molecular weight excluding hydrogens is 410 g/mol. The molecule has 7 heteroatoms. The molecule has 0 atom stereocenters. The molecule has 1 rings (SSSR count). The van der Waals surface area contributed by atoms with Gasteiger partial charge in [0, 0.05) is 33.3 Å². The van der Waals surface area contributed by atoms with Crippen LogP contribution in [0.3, 0.4) is 0 Å². The molecule has 5 nitrogen and oxygen atoms in total. The second kappa shape index (κ2) is 13.5. The minimum absolute atomic E-state index is 0. The van der Waals surface area contributed by atoms with Crippen molar-refractivity contribution in [2.75, 3.05) is 46.9 Å². The molecule has 0 radical (unpaired) electrons. The smallest absolute Gasteiger partial charge is 0.191 e. The first-order valence-corrected chi connectivity index (χ1v) is 7.59. The van der Waals surface area contributed by atoms with E-state index in [1.165, 1.54) is 12.1 Å². The van der Waals surface area contributed by atoms with Crippen molar-refractivity contribution >= 4 is 29.9 Å². The van der Waals surface area contributed by atoms with Gasteiger partial charge in [-0.2, -0.15) is 0 Å². The van der Waals surface area contributed by atoms with E-state index >= 15 is 0 Å². The number of nitrogens with one attached hydrogen (secondary N) is 2. The molecule has 0 saturated heterocycles. The second-order valence-corrected chi connectivity index (χ2v) is 5.04. The van der Waals surface area contributed by atoms with Crippen LogP contribution >= 0.6 is 24.0 Å². The number of hydrogen-bond donors (Lipinski definition) is 2. The first-order chi connectivity index (χ1) is 10.7. The first kappa shape index (κ1) is 22.1. The van der Waals surface area contributed by atoms with Crippen molar-refractivity contribution in [2.45, 2.75) is 13.5 Å². The lowest BCUT2D eigenvalue weighted by molar-refractivity contribution is 0.162. The van der Waals surface area contributed by atoms with Gasteiger partial charge in [0.05, 0.1) is 13.2 Å². The van der Waals surface area contributed by atoms with Gasteiger partial charge in [0.25, 0.3) is 0 Å². The zero-order chi connectivity index (χ0) is 16.2. The largest absolute Gasteiger partial charge is 0.383 e. The van der Waals surface area contributed by atoms with Gasteiger partial charge >= 0.3 is 0 Å². The van der Waals surface area contributed by atoms with Crippen LogP contribution in [0, 0.1) is 5.82 Å². The van der Waals surface area contributed by atoms with Crippen LogP contribution in [0.4, 0.5) is 4.39 Å². The van der Waals surface area contributed by atoms with Crippen LogP contribution in [0.15, 0.2) is 29.3 Å². The zero-order valence-electron chi connectivity index (χ0n) is 14.1. The molecule has 2 N–H and O–H groups in total. The number of guanidine groups is 1.